The van der Waals surface area contributed by atoms with Gasteiger partial charge in [0, 0.05) is 12.2 Å². The first kappa shape index (κ1) is 22.1. The van der Waals surface area contributed by atoms with Gasteiger partial charge >= 0.3 is 0 Å². The Morgan fingerprint density at radius 2 is 1.94 bits per heavy atom. The van der Waals surface area contributed by atoms with Crippen molar-refractivity contribution >= 4 is 38.9 Å². The Balaban J connectivity index is 1.44. The van der Waals surface area contributed by atoms with Crippen molar-refractivity contribution in [3.8, 4) is 5.75 Å². The van der Waals surface area contributed by atoms with Crippen LogP contribution in [0, 0.1) is 12.7 Å². The smallest absolute Gasteiger partial charge is 0.264 e. The molecule has 3 aromatic carbocycles. The fraction of sp³-hybridized carbons (Fsp3) is 0.174. The lowest BCUT2D eigenvalue weighted by atomic mass is 10.2. The molecule has 1 amide bonds. The molecule has 0 atom stereocenters. The Kier molecular flexibility index (Phi) is 6.08. The van der Waals surface area contributed by atoms with E-state index in [0.717, 1.165) is 11.6 Å². The number of amides is 1. The number of carbonyl (C=O) groups excluding carboxylic acids is 1. The topological polar surface area (TPSA) is 75.7 Å². The molecule has 0 fully saturated rings. The average molecular weight is 475 g/mol. The number of benzene rings is 3. The number of sulfonamides is 1. The van der Waals surface area contributed by atoms with E-state index in [-0.39, 0.29) is 16.5 Å². The maximum absolute atomic E-state index is 13.2. The van der Waals surface area contributed by atoms with Crippen LogP contribution in [-0.4, -0.2) is 27.5 Å². The Hall–Kier alpha value is -3.10. The third-order valence-electron chi connectivity index (χ3n) is 5.14. The molecular formula is C23H20ClFN2O4S. The monoisotopic (exact) mass is 474 g/mol. The number of fused-ring (bicyclic) bond motifs is 1. The number of nitrogens with one attached hydrogen (secondary N) is 1. The van der Waals surface area contributed by atoms with Crippen LogP contribution in [0.25, 0.3) is 0 Å². The first-order valence-electron chi connectivity index (χ1n) is 9.85. The lowest BCUT2D eigenvalue weighted by Gasteiger charge is -2.20. The van der Waals surface area contributed by atoms with Gasteiger partial charge < -0.3 is 10.1 Å². The van der Waals surface area contributed by atoms with Gasteiger partial charge in [-0.1, -0.05) is 29.8 Å². The number of anilines is 2. The predicted octanol–water partition coefficient (Wildman–Crippen LogP) is 4.56. The van der Waals surface area contributed by atoms with Crippen molar-refractivity contribution < 1.29 is 22.3 Å². The second kappa shape index (κ2) is 8.80. The van der Waals surface area contributed by atoms with Gasteiger partial charge in [0.05, 0.1) is 15.6 Å². The maximum Gasteiger partial charge on any atom is 0.264 e. The molecule has 0 saturated heterocycles. The summed E-state index contributed by atoms with van der Waals surface area (Å²) in [5.41, 5.74) is 2.62. The summed E-state index contributed by atoms with van der Waals surface area (Å²) in [5.74, 6) is -0.653. The van der Waals surface area contributed by atoms with E-state index >= 15 is 0 Å². The molecule has 3 aromatic rings. The maximum atomic E-state index is 13.2. The number of halogens is 2. The summed E-state index contributed by atoms with van der Waals surface area (Å²) < 4.78 is 46.5. The normalized spacial score (nSPS) is 13.0. The van der Waals surface area contributed by atoms with E-state index in [1.807, 2.05) is 18.2 Å². The summed E-state index contributed by atoms with van der Waals surface area (Å²) in [7, 11) is -3.72. The van der Waals surface area contributed by atoms with Gasteiger partial charge in [-0.2, -0.15) is 0 Å². The summed E-state index contributed by atoms with van der Waals surface area (Å²) in [6.45, 7) is 1.80. The average Bonchev–Trinajstić information content (AvgIpc) is 3.20. The van der Waals surface area contributed by atoms with Crippen LogP contribution in [0.3, 0.4) is 0 Å². The highest BCUT2D eigenvalue weighted by Gasteiger charge is 2.30. The lowest BCUT2D eigenvalue weighted by Crippen LogP contribution is -2.29. The van der Waals surface area contributed by atoms with Crippen molar-refractivity contribution in [3.05, 3.63) is 82.6 Å². The van der Waals surface area contributed by atoms with E-state index in [9.17, 15) is 17.6 Å². The van der Waals surface area contributed by atoms with Crippen molar-refractivity contribution in [1.82, 2.24) is 0 Å². The SMILES string of the molecule is Cc1cc(S(=O)(=O)N2CCc3ccccc32)ccc1OCC(=O)Nc1ccc(F)c(Cl)c1. The van der Waals surface area contributed by atoms with Gasteiger partial charge in [0.2, 0.25) is 0 Å². The standard InChI is InChI=1S/C23H20ClFN2O4S/c1-15-12-18(32(29,30)27-11-10-16-4-2-3-5-21(16)27)7-9-22(15)31-14-23(28)26-17-6-8-20(25)19(24)13-17/h2-9,12-13H,10-11,14H2,1H3,(H,26,28). The summed E-state index contributed by atoms with van der Waals surface area (Å²) >= 11 is 5.71. The van der Waals surface area contributed by atoms with Gasteiger partial charge in [-0.3, -0.25) is 9.10 Å². The number of carbonyl (C=O) groups is 1. The third kappa shape index (κ3) is 4.42. The van der Waals surface area contributed by atoms with Gasteiger partial charge in [0.15, 0.2) is 6.61 Å². The number of rotatable bonds is 6. The summed E-state index contributed by atoms with van der Waals surface area (Å²) in [6.07, 6.45) is 0.671. The Morgan fingerprint density at radius 1 is 1.16 bits per heavy atom. The molecule has 9 heteroatoms. The molecule has 4 rings (SSSR count). The van der Waals surface area contributed by atoms with Crippen molar-refractivity contribution in [2.45, 2.75) is 18.2 Å². The van der Waals surface area contributed by atoms with Crippen LogP contribution >= 0.6 is 11.6 Å². The molecular weight excluding hydrogens is 455 g/mol. The molecule has 1 aliphatic rings. The zero-order chi connectivity index (χ0) is 22.9. The summed E-state index contributed by atoms with van der Waals surface area (Å²) in [4.78, 5) is 12.3. The zero-order valence-electron chi connectivity index (χ0n) is 17.1. The molecule has 0 saturated carbocycles. The van der Waals surface area contributed by atoms with Crippen molar-refractivity contribution in [2.75, 3.05) is 22.8 Å². The van der Waals surface area contributed by atoms with Gasteiger partial charge in [-0.05, 0) is 66.9 Å². The van der Waals surface area contributed by atoms with Gasteiger partial charge in [0.25, 0.3) is 15.9 Å². The molecule has 1 aliphatic heterocycles. The van der Waals surface area contributed by atoms with Gasteiger partial charge in [0.1, 0.15) is 11.6 Å². The number of hydrogen-bond donors (Lipinski definition) is 1. The highest BCUT2D eigenvalue weighted by Crippen LogP contribution is 2.33. The highest BCUT2D eigenvalue weighted by molar-refractivity contribution is 7.92. The van der Waals surface area contributed by atoms with Crippen LogP contribution in [0.4, 0.5) is 15.8 Å². The number of hydrogen-bond acceptors (Lipinski definition) is 4. The quantitative estimate of drug-likeness (QED) is 0.568. The van der Waals surface area contributed by atoms with Crippen LogP contribution in [0.2, 0.25) is 5.02 Å². The van der Waals surface area contributed by atoms with Crippen LogP contribution in [0.1, 0.15) is 11.1 Å². The number of ether oxygens (including phenoxy) is 1. The van der Waals surface area contributed by atoms with Crippen LogP contribution in [-0.2, 0) is 21.2 Å². The number of aryl methyl sites for hydroxylation is 1. The summed E-state index contributed by atoms with van der Waals surface area (Å²) in [6, 6.07) is 15.8. The third-order valence-corrected chi connectivity index (χ3v) is 7.24. The van der Waals surface area contributed by atoms with Gasteiger partial charge in [-0.15, -0.1) is 0 Å². The fourth-order valence-corrected chi connectivity index (χ4v) is 5.31. The molecule has 0 aromatic heterocycles. The largest absolute Gasteiger partial charge is 0.483 e. The molecule has 6 nitrogen and oxygen atoms in total. The Labute approximate surface area is 190 Å². The molecule has 0 radical (unpaired) electrons. The van der Waals surface area contributed by atoms with Crippen molar-refractivity contribution in [2.24, 2.45) is 0 Å². The van der Waals surface area contributed by atoms with Crippen LogP contribution in [0.5, 0.6) is 5.75 Å². The van der Waals surface area contributed by atoms with Crippen molar-refractivity contribution in [3.63, 3.8) is 0 Å². The Bertz CT molecular complexity index is 1300. The predicted molar refractivity (Wildman–Crippen MR) is 121 cm³/mol. The molecule has 0 aliphatic carbocycles. The molecule has 1 N–H and O–H groups in total. The number of nitrogens with zero attached hydrogens (tertiary/aromatic N) is 1. The zero-order valence-corrected chi connectivity index (χ0v) is 18.7. The van der Waals surface area contributed by atoms with E-state index in [1.165, 1.54) is 34.6 Å². The molecule has 166 valence electrons. The lowest BCUT2D eigenvalue weighted by molar-refractivity contribution is -0.118. The fourth-order valence-electron chi connectivity index (χ4n) is 3.54. The highest BCUT2D eigenvalue weighted by atomic mass is 35.5. The molecule has 0 bridgehead atoms. The van der Waals surface area contributed by atoms with E-state index in [1.54, 1.807) is 13.0 Å². The van der Waals surface area contributed by atoms with E-state index in [4.69, 9.17) is 16.3 Å². The van der Waals surface area contributed by atoms with E-state index in [2.05, 4.69) is 5.32 Å². The van der Waals surface area contributed by atoms with E-state index in [0.29, 0.717) is 35.7 Å². The van der Waals surface area contributed by atoms with Crippen LogP contribution in [0.15, 0.2) is 65.6 Å². The minimum Gasteiger partial charge on any atom is -0.483 e. The minimum atomic E-state index is -3.72. The van der Waals surface area contributed by atoms with Crippen LogP contribution < -0.4 is 14.4 Å². The number of para-hydroxylation sites is 1. The minimum absolute atomic E-state index is 0.100. The Morgan fingerprint density at radius 3 is 2.69 bits per heavy atom. The molecule has 32 heavy (non-hydrogen) atoms. The first-order chi connectivity index (χ1) is 15.3. The second-order valence-corrected chi connectivity index (χ2v) is 9.62. The molecule has 1 heterocycles. The van der Waals surface area contributed by atoms with Gasteiger partial charge in [-0.25, -0.2) is 12.8 Å². The molecule has 0 unspecified atom stereocenters. The summed E-state index contributed by atoms with van der Waals surface area (Å²) in [5, 5.41) is 2.46. The van der Waals surface area contributed by atoms with Crippen molar-refractivity contribution in [1.29, 1.82) is 0 Å². The van der Waals surface area contributed by atoms with E-state index < -0.39 is 21.7 Å². The second-order valence-electron chi connectivity index (χ2n) is 7.35. The first-order valence-corrected chi connectivity index (χ1v) is 11.7. The molecule has 0 spiro atoms.